The van der Waals surface area contributed by atoms with E-state index < -0.39 is 8.32 Å². The lowest BCUT2D eigenvalue weighted by molar-refractivity contribution is -0.128. The Hall–Kier alpha value is -0.163. The molecule has 2 atom stereocenters. The zero-order chi connectivity index (χ0) is 16.9. The summed E-state index contributed by atoms with van der Waals surface area (Å²) in [5.74, 6) is 0.506. The van der Waals surface area contributed by atoms with Gasteiger partial charge in [0.2, 0.25) is 0 Å². The summed E-state index contributed by atoms with van der Waals surface area (Å²) >= 11 is 0. The Kier molecular flexibility index (Phi) is 6.90. The fourth-order valence-corrected chi connectivity index (χ4v) is 5.94. The van der Waals surface area contributed by atoms with Gasteiger partial charge in [-0.15, -0.1) is 0 Å². The minimum atomic E-state index is -1.64. The van der Waals surface area contributed by atoms with Gasteiger partial charge in [0.15, 0.2) is 14.6 Å². The summed E-state index contributed by atoms with van der Waals surface area (Å²) in [6.45, 7) is 6.99. The maximum atomic E-state index is 6.99. The monoisotopic (exact) mass is 340 g/mol. The van der Waals surface area contributed by atoms with Crippen LogP contribution in [0, 0.1) is 5.92 Å². The maximum absolute atomic E-state index is 6.99. The lowest BCUT2D eigenvalue weighted by atomic mass is 9.75. The summed E-state index contributed by atoms with van der Waals surface area (Å²) in [6.07, 6.45) is 13.3. The maximum Gasteiger partial charge on any atom is 0.184 e. The summed E-state index contributed by atoms with van der Waals surface area (Å²) in [4.78, 5) is 0. The molecule has 23 heavy (non-hydrogen) atoms. The first-order valence-electron chi connectivity index (χ1n) is 9.36. The van der Waals surface area contributed by atoms with Gasteiger partial charge in [-0.1, -0.05) is 25.3 Å². The van der Waals surface area contributed by atoms with Gasteiger partial charge < -0.3 is 13.9 Å². The third kappa shape index (κ3) is 4.91. The predicted octanol–water partition coefficient (Wildman–Crippen LogP) is 5.28. The van der Waals surface area contributed by atoms with E-state index in [-0.39, 0.29) is 11.9 Å². The molecule has 0 heterocycles. The van der Waals surface area contributed by atoms with Gasteiger partial charge in [0.05, 0.1) is 5.60 Å². The molecule has 134 valence electrons. The Labute approximate surface area is 143 Å². The Morgan fingerprint density at radius 2 is 1.87 bits per heavy atom. The van der Waals surface area contributed by atoms with Gasteiger partial charge in [0.1, 0.15) is 0 Å². The molecule has 3 nitrogen and oxygen atoms in total. The van der Waals surface area contributed by atoms with Crippen LogP contribution in [0.2, 0.25) is 19.6 Å². The molecular weight excluding hydrogens is 304 g/mol. The summed E-state index contributed by atoms with van der Waals surface area (Å²) in [5, 5.41) is 0. The second kappa shape index (κ2) is 8.28. The van der Waals surface area contributed by atoms with Crippen LogP contribution in [0.1, 0.15) is 57.8 Å². The largest absolute Gasteiger partial charge is 0.408 e. The normalized spacial score (nSPS) is 29.7. The van der Waals surface area contributed by atoms with E-state index in [0.29, 0.717) is 5.92 Å². The predicted molar refractivity (Wildman–Crippen MR) is 98.1 cm³/mol. The van der Waals surface area contributed by atoms with Crippen LogP contribution < -0.4 is 0 Å². The van der Waals surface area contributed by atoms with Crippen molar-refractivity contribution in [1.82, 2.24) is 0 Å². The molecule has 2 rings (SSSR count). The third-order valence-corrected chi connectivity index (χ3v) is 6.31. The molecule has 0 radical (unpaired) electrons. The number of ether oxygens (including phenoxy) is 2. The number of allylic oxidation sites excluding steroid dienone is 1. The van der Waals surface area contributed by atoms with Gasteiger partial charge in [-0.25, -0.2) is 0 Å². The summed E-state index contributed by atoms with van der Waals surface area (Å²) in [7, 11) is 1.86. The molecule has 1 saturated carbocycles. The van der Waals surface area contributed by atoms with E-state index in [0.717, 1.165) is 6.42 Å². The van der Waals surface area contributed by atoms with Crippen LogP contribution in [-0.2, 0) is 13.9 Å². The number of hydrogen-bond acceptors (Lipinski definition) is 3. The molecule has 0 aromatic heterocycles. The Morgan fingerprint density at radius 1 is 1.13 bits per heavy atom. The summed E-state index contributed by atoms with van der Waals surface area (Å²) in [5.41, 5.74) is 1.52. The molecule has 0 amide bonds. The molecule has 0 aromatic carbocycles. The molecule has 0 aliphatic heterocycles. The highest BCUT2D eigenvalue weighted by Gasteiger charge is 2.47. The summed E-state index contributed by atoms with van der Waals surface area (Å²) in [6, 6.07) is 0. The van der Waals surface area contributed by atoms with Crippen LogP contribution >= 0.6 is 0 Å². The molecule has 0 spiro atoms. The average molecular weight is 341 g/mol. The highest BCUT2D eigenvalue weighted by molar-refractivity contribution is 6.69. The fourth-order valence-electron chi connectivity index (χ4n) is 4.45. The van der Waals surface area contributed by atoms with Gasteiger partial charge in [0.25, 0.3) is 0 Å². The zero-order valence-corrected chi connectivity index (χ0v) is 16.8. The first-order chi connectivity index (χ1) is 10.9. The van der Waals surface area contributed by atoms with Crippen LogP contribution in [0.5, 0.6) is 0 Å². The molecule has 0 N–H and O–H groups in total. The van der Waals surface area contributed by atoms with E-state index in [1.165, 1.54) is 51.4 Å². The molecule has 2 aliphatic carbocycles. The van der Waals surface area contributed by atoms with E-state index >= 15 is 0 Å². The van der Waals surface area contributed by atoms with E-state index in [1.54, 1.807) is 19.8 Å². The van der Waals surface area contributed by atoms with Crippen LogP contribution in [0.3, 0.4) is 0 Å². The molecule has 0 bridgehead atoms. The van der Waals surface area contributed by atoms with Crippen molar-refractivity contribution in [2.45, 2.75) is 89.3 Å². The van der Waals surface area contributed by atoms with Crippen molar-refractivity contribution in [3.05, 3.63) is 11.6 Å². The standard InChI is InChI=1S/C19H36O3Si/c1-20-18(21-2)15-17-13-7-6-10-14-19(17,22-23(3,4)5)16-11-8-9-12-16/h11,17-18H,6-10,12-15H2,1-5H3/t17-,19+/m1/s1. The smallest absolute Gasteiger partial charge is 0.184 e. The van der Waals surface area contributed by atoms with E-state index in [2.05, 4.69) is 25.7 Å². The van der Waals surface area contributed by atoms with Gasteiger partial charge in [-0.2, -0.15) is 0 Å². The van der Waals surface area contributed by atoms with E-state index in [4.69, 9.17) is 13.9 Å². The van der Waals surface area contributed by atoms with Crippen molar-refractivity contribution in [3.63, 3.8) is 0 Å². The number of hydrogen-bond donors (Lipinski definition) is 0. The van der Waals surface area contributed by atoms with Crippen molar-refractivity contribution < 1.29 is 13.9 Å². The van der Waals surface area contributed by atoms with Crippen molar-refractivity contribution >= 4 is 8.32 Å². The fraction of sp³-hybridized carbons (Fsp3) is 0.895. The topological polar surface area (TPSA) is 27.7 Å². The second-order valence-corrected chi connectivity index (χ2v) is 12.6. The first-order valence-corrected chi connectivity index (χ1v) is 12.8. The van der Waals surface area contributed by atoms with Crippen molar-refractivity contribution in [1.29, 1.82) is 0 Å². The molecule has 1 fully saturated rings. The molecule has 2 aliphatic rings. The Balaban J connectivity index is 2.34. The Morgan fingerprint density at radius 3 is 2.43 bits per heavy atom. The molecular formula is C19H36O3Si. The minimum Gasteiger partial charge on any atom is -0.408 e. The highest BCUT2D eigenvalue weighted by atomic mass is 28.4. The molecule has 0 saturated heterocycles. The molecule has 4 heteroatoms. The van der Waals surface area contributed by atoms with Gasteiger partial charge >= 0.3 is 0 Å². The quantitative estimate of drug-likeness (QED) is 0.273. The van der Waals surface area contributed by atoms with E-state index in [9.17, 15) is 0 Å². The van der Waals surface area contributed by atoms with Crippen LogP contribution in [0.4, 0.5) is 0 Å². The number of methoxy groups -OCH3 is 2. The lowest BCUT2D eigenvalue weighted by Crippen LogP contribution is -2.50. The first kappa shape index (κ1) is 19.2. The van der Waals surface area contributed by atoms with E-state index in [1.807, 2.05) is 0 Å². The van der Waals surface area contributed by atoms with Crippen LogP contribution in [0.15, 0.2) is 11.6 Å². The van der Waals surface area contributed by atoms with Crippen LogP contribution in [0.25, 0.3) is 0 Å². The molecule has 0 unspecified atom stereocenters. The van der Waals surface area contributed by atoms with Crippen molar-refractivity contribution in [2.75, 3.05) is 14.2 Å². The van der Waals surface area contributed by atoms with Crippen molar-refractivity contribution in [3.8, 4) is 0 Å². The average Bonchev–Trinajstić information content (AvgIpc) is 2.96. The highest BCUT2D eigenvalue weighted by Crippen LogP contribution is 2.48. The van der Waals surface area contributed by atoms with Gasteiger partial charge in [-0.3, -0.25) is 0 Å². The minimum absolute atomic E-state index is 0.0627. The Bertz CT molecular complexity index is 398. The number of rotatable bonds is 7. The lowest BCUT2D eigenvalue weighted by Gasteiger charge is -2.46. The zero-order valence-electron chi connectivity index (χ0n) is 15.8. The molecule has 0 aromatic rings. The van der Waals surface area contributed by atoms with Crippen molar-refractivity contribution in [2.24, 2.45) is 5.92 Å². The third-order valence-electron chi connectivity index (χ3n) is 5.34. The van der Waals surface area contributed by atoms with Gasteiger partial charge in [-0.05, 0) is 63.2 Å². The SMILES string of the molecule is COC(C[C@H]1CCCCC[C@]1(O[Si](C)(C)C)C1=CCCC1)OC. The summed E-state index contributed by atoms with van der Waals surface area (Å²) < 4.78 is 18.1. The van der Waals surface area contributed by atoms with Crippen LogP contribution in [-0.4, -0.2) is 34.4 Å². The van der Waals surface area contributed by atoms with Gasteiger partial charge in [0, 0.05) is 20.6 Å². The second-order valence-electron chi connectivity index (χ2n) is 8.16.